The van der Waals surface area contributed by atoms with Crippen molar-refractivity contribution in [3.63, 3.8) is 0 Å². The van der Waals surface area contributed by atoms with Crippen LogP contribution in [0.2, 0.25) is 0 Å². The largest absolute Gasteiger partial charge is 0.459 e. The lowest BCUT2D eigenvalue weighted by Gasteiger charge is -2.03. The van der Waals surface area contributed by atoms with Gasteiger partial charge in [-0.2, -0.15) is 0 Å². The molecular weight excluding hydrogens is 209 g/mol. The quantitative estimate of drug-likeness (QED) is 0.843. The highest BCUT2D eigenvalue weighted by atomic mass is 19.1. The number of anilines is 1. The topological polar surface area (TPSA) is 42.2 Å². The normalized spacial score (nSPS) is 10.1. The van der Waals surface area contributed by atoms with E-state index in [-0.39, 0.29) is 11.7 Å². The number of carbonyl (C=O) groups is 1. The minimum Gasteiger partial charge on any atom is -0.459 e. The third-order valence-electron chi connectivity index (χ3n) is 2.15. The van der Waals surface area contributed by atoms with Gasteiger partial charge >= 0.3 is 0 Å². The highest BCUT2D eigenvalue weighted by Gasteiger charge is 2.12. The summed E-state index contributed by atoms with van der Waals surface area (Å²) in [4.78, 5) is 11.7. The lowest BCUT2D eigenvalue weighted by molar-refractivity contribution is 0.0996. The summed E-state index contributed by atoms with van der Waals surface area (Å²) in [5, 5.41) is 2.55. The van der Waals surface area contributed by atoms with Crippen molar-refractivity contribution in [2.45, 2.75) is 6.92 Å². The Kier molecular flexibility index (Phi) is 2.72. The van der Waals surface area contributed by atoms with Crippen LogP contribution in [0.25, 0.3) is 0 Å². The zero-order chi connectivity index (χ0) is 11.5. The van der Waals surface area contributed by atoms with E-state index in [0.717, 1.165) is 5.56 Å². The van der Waals surface area contributed by atoms with E-state index in [2.05, 4.69) is 5.32 Å². The fourth-order valence-corrected chi connectivity index (χ4v) is 1.36. The first-order chi connectivity index (χ1) is 7.66. The molecule has 0 aliphatic rings. The molecule has 0 fully saturated rings. The van der Waals surface area contributed by atoms with Gasteiger partial charge in [-0.15, -0.1) is 0 Å². The van der Waals surface area contributed by atoms with Crippen LogP contribution in [0, 0.1) is 12.7 Å². The van der Waals surface area contributed by atoms with Gasteiger partial charge in [0.25, 0.3) is 5.91 Å². The molecule has 2 aromatic rings. The molecule has 4 heteroatoms. The van der Waals surface area contributed by atoms with Crippen molar-refractivity contribution in [3.8, 4) is 0 Å². The third-order valence-corrected chi connectivity index (χ3v) is 2.15. The summed E-state index contributed by atoms with van der Waals surface area (Å²) < 4.78 is 17.9. The van der Waals surface area contributed by atoms with E-state index < -0.39 is 5.82 Å². The Hall–Kier alpha value is -2.10. The molecule has 1 aromatic heterocycles. The van der Waals surface area contributed by atoms with Crippen LogP contribution in [0.4, 0.5) is 10.1 Å². The zero-order valence-electron chi connectivity index (χ0n) is 8.66. The molecule has 0 radical (unpaired) electrons. The Labute approximate surface area is 91.9 Å². The Morgan fingerprint density at radius 3 is 2.81 bits per heavy atom. The molecule has 16 heavy (non-hydrogen) atoms. The van der Waals surface area contributed by atoms with Crippen LogP contribution in [0.15, 0.2) is 41.0 Å². The van der Waals surface area contributed by atoms with E-state index in [0.29, 0.717) is 5.69 Å². The van der Waals surface area contributed by atoms with E-state index in [1.54, 1.807) is 19.1 Å². The van der Waals surface area contributed by atoms with E-state index in [1.807, 2.05) is 0 Å². The van der Waals surface area contributed by atoms with Crippen molar-refractivity contribution in [2.24, 2.45) is 0 Å². The van der Waals surface area contributed by atoms with E-state index in [9.17, 15) is 9.18 Å². The lowest BCUT2D eigenvalue weighted by Crippen LogP contribution is -2.12. The average Bonchev–Trinajstić information content (AvgIpc) is 2.64. The summed E-state index contributed by atoms with van der Waals surface area (Å²) in [6, 6.07) is 7.39. The number of hydrogen-bond donors (Lipinski definition) is 1. The van der Waals surface area contributed by atoms with Crippen molar-refractivity contribution in [1.29, 1.82) is 0 Å². The molecule has 1 heterocycles. The first-order valence-corrected chi connectivity index (χ1v) is 4.78. The summed E-state index contributed by atoms with van der Waals surface area (Å²) in [6.45, 7) is 1.77. The fourth-order valence-electron chi connectivity index (χ4n) is 1.36. The molecule has 0 bridgehead atoms. The fraction of sp³-hybridized carbons (Fsp3) is 0.0833. The Morgan fingerprint density at radius 1 is 1.38 bits per heavy atom. The van der Waals surface area contributed by atoms with Crippen molar-refractivity contribution < 1.29 is 13.6 Å². The van der Waals surface area contributed by atoms with Gasteiger partial charge in [0.2, 0.25) is 0 Å². The van der Waals surface area contributed by atoms with Gasteiger partial charge < -0.3 is 9.73 Å². The van der Waals surface area contributed by atoms with E-state index in [1.165, 1.54) is 24.5 Å². The summed E-state index contributed by atoms with van der Waals surface area (Å²) in [6.07, 6.45) is 1.44. The maximum atomic E-state index is 12.9. The second-order valence-corrected chi connectivity index (χ2v) is 3.40. The maximum absolute atomic E-state index is 12.9. The van der Waals surface area contributed by atoms with Gasteiger partial charge in [-0.3, -0.25) is 4.79 Å². The second-order valence-electron chi connectivity index (χ2n) is 3.40. The second kappa shape index (κ2) is 4.18. The summed E-state index contributed by atoms with van der Waals surface area (Å²) in [5.74, 6) is -0.536. The number of benzene rings is 1. The SMILES string of the molecule is Cc1ccoc1C(=O)Nc1cccc(F)c1. The molecule has 0 atom stereocenters. The van der Waals surface area contributed by atoms with Gasteiger partial charge in [-0.1, -0.05) is 6.07 Å². The smallest absolute Gasteiger partial charge is 0.291 e. The first-order valence-electron chi connectivity index (χ1n) is 4.78. The van der Waals surface area contributed by atoms with Crippen molar-refractivity contribution >= 4 is 11.6 Å². The Bertz CT molecular complexity index is 519. The number of aryl methyl sites for hydroxylation is 1. The molecule has 0 aliphatic carbocycles. The van der Waals surface area contributed by atoms with Gasteiger partial charge in [0.1, 0.15) is 5.82 Å². The number of furan rings is 1. The molecule has 0 spiro atoms. The van der Waals surface area contributed by atoms with Gasteiger partial charge in [0, 0.05) is 11.3 Å². The molecule has 0 saturated carbocycles. The molecule has 3 nitrogen and oxygen atoms in total. The summed E-state index contributed by atoms with van der Waals surface area (Å²) >= 11 is 0. The minimum atomic E-state index is -0.394. The molecule has 2 rings (SSSR count). The number of amides is 1. The van der Waals surface area contributed by atoms with Crippen LogP contribution in [0.3, 0.4) is 0 Å². The number of halogens is 1. The van der Waals surface area contributed by atoms with Crippen LogP contribution in [-0.2, 0) is 0 Å². The molecular formula is C12H10FNO2. The lowest BCUT2D eigenvalue weighted by atomic mass is 10.2. The van der Waals surface area contributed by atoms with Crippen molar-refractivity contribution in [1.82, 2.24) is 0 Å². The van der Waals surface area contributed by atoms with Gasteiger partial charge in [-0.25, -0.2) is 4.39 Å². The minimum absolute atomic E-state index is 0.240. The molecule has 1 amide bonds. The highest BCUT2D eigenvalue weighted by molar-refractivity contribution is 6.03. The highest BCUT2D eigenvalue weighted by Crippen LogP contribution is 2.14. The summed E-state index contributed by atoms with van der Waals surface area (Å²) in [7, 11) is 0. The maximum Gasteiger partial charge on any atom is 0.291 e. The Balaban J connectivity index is 2.17. The number of rotatable bonds is 2. The predicted octanol–water partition coefficient (Wildman–Crippen LogP) is 2.98. The van der Waals surface area contributed by atoms with Gasteiger partial charge in [0.15, 0.2) is 5.76 Å². The molecule has 82 valence electrons. The first kappa shape index (κ1) is 10.4. The van der Waals surface area contributed by atoms with Crippen molar-refractivity contribution in [2.75, 3.05) is 5.32 Å². The van der Waals surface area contributed by atoms with Crippen LogP contribution in [0.5, 0.6) is 0 Å². The third kappa shape index (κ3) is 2.11. The zero-order valence-corrected chi connectivity index (χ0v) is 8.66. The molecule has 0 unspecified atom stereocenters. The molecule has 0 aliphatic heterocycles. The van der Waals surface area contributed by atoms with E-state index in [4.69, 9.17) is 4.42 Å². The number of nitrogens with one attached hydrogen (secondary N) is 1. The Morgan fingerprint density at radius 2 is 2.19 bits per heavy atom. The predicted molar refractivity (Wildman–Crippen MR) is 57.8 cm³/mol. The van der Waals surface area contributed by atoms with Crippen molar-refractivity contribution in [3.05, 3.63) is 53.7 Å². The van der Waals surface area contributed by atoms with Crippen LogP contribution in [0.1, 0.15) is 16.1 Å². The molecule has 1 aromatic carbocycles. The number of hydrogen-bond acceptors (Lipinski definition) is 2. The average molecular weight is 219 g/mol. The van der Waals surface area contributed by atoms with E-state index >= 15 is 0 Å². The van der Waals surface area contributed by atoms with Gasteiger partial charge in [-0.05, 0) is 31.2 Å². The molecule has 0 saturated heterocycles. The summed E-state index contributed by atoms with van der Waals surface area (Å²) in [5.41, 5.74) is 1.15. The van der Waals surface area contributed by atoms with Crippen LogP contribution < -0.4 is 5.32 Å². The standard InChI is InChI=1S/C12H10FNO2/c1-8-5-6-16-11(8)12(15)14-10-4-2-3-9(13)7-10/h2-7H,1H3,(H,14,15). The molecule has 1 N–H and O–H groups in total. The van der Waals surface area contributed by atoms with Crippen LogP contribution >= 0.6 is 0 Å². The van der Waals surface area contributed by atoms with Crippen LogP contribution in [-0.4, -0.2) is 5.91 Å². The monoisotopic (exact) mass is 219 g/mol. The number of carbonyl (C=O) groups excluding carboxylic acids is 1. The van der Waals surface area contributed by atoms with Gasteiger partial charge in [0.05, 0.1) is 6.26 Å².